The highest BCUT2D eigenvalue weighted by Gasteiger charge is 2.31. The monoisotopic (exact) mass is 287 g/mol. The minimum atomic E-state index is -0.221. The van der Waals surface area contributed by atoms with Crippen molar-refractivity contribution >= 4 is 34.3 Å². The van der Waals surface area contributed by atoms with Gasteiger partial charge >= 0.3 is 0 Å². The molecular formula is C14H13N3S2. The Morgan fingerprint density at radius 1 is 1.21 bits per heavy atom. The van der Waals surface area contributed by atoms with E-state index in [4.69, 9.17) is 5.41 Å². The molecule has 0 fully saturated rings. The zero-order valence-electron chi connectivity index (χ0n) is 10.7. The van der Waals surface area contributed by atoms with Gasteiger partial charge in [0.25, 0.3) is 0 Å². The minimum Gasteiger partial charge on any atom is -0.303 e. The number of allylic oxidation sites excluding steroid dienone is 1. The van der Waals surface area contributed by atoms with Crippen LogP contribution in [0.15, 0.2) is 45.9 Å². The fourth-order valence-electron chi connectivity index (χ4n) is 1.98. The van der Waals surface area contributed by atoms with Crippen molar-refractivity contribution in [2.24, 2.45) is 4.99 Å². The van der Waals surface area contributed by atoms with Crippen LogP contribution in [-0.4, -0.2) is 23.3 Å². The summed E-state index contributed by atoms with van der Waals surface area (Å²) in [6.07, 6.45) is 3.83. The molecule has 0 amide bonds. The second kappa shape index (κ2) is 6.09. The highest BCUT2D eigenvalue weighted by atomic mass is 32.2. The minimum absolute atomic E-state index is 0.221. The van der Waals surface area contributed by atoms with Crippen molar-refractivity contribution in [3.8, 4) is 6.07 Å². The first-order valence-electron chi connectivity index (χ1n) is 5.67. The van der Waals surface area contributed by atoms with Crippen LogP contribution in [0.1, 0.15) is 11.5 Å². The second-order valence-electron chi connectivity index (χ2n) is 3.91. The van der Waals surface area contributed by atoms with Gasteiger partial charge in [-0.25, -0.2) is 4.99 Å². The third kappa shape index (κ3) is 2.60. The molecule has 0 spiro atoms. The summed E-state index contributed by atoms with van der Waals surface area (Å²) in [5, 5.41) is 19.1. The molecule has 1 aromatic carbocycles. The van der Waals surface area contributed by atoms with Gasteiger partial charge in [-0.3, -0.25) is 0 Å². The van der Waals surface area contributed by atoms with Gasteiger partial charge in [0.2, 0.25) is 0 Å². The lowest BCUT2D eigenvalue weighted by molar-refractivity contribution is 1.15. The molecule has 1 aliphatic rings. The van der Waals surface area contributed by atoms with E-state index in [1.54, 1.807) is 0 Å². The highest BCUT2D eigenvalue weighted by molar-refractivity contribution is 8.13. The fraction of sp³-hybridized carbons (Fsp3) is 0.214. The largest absolute Gasteiger partial charge is 0.303 e. The number of rotatable bonds is 2. The average molecular weight is 287 g/mol. The van der Waals surface area contributed by atoms with E-state index in [0.717, 1.165) is 10.6 Å². The number of hydrogen-bond donors (Lipinski definition) is 1. The molecule has 0 saturated heterocycles. The number of benzene rings is 1. The first kappa shape index (κ1) is 13.9. The molecule has 1 N–H and O–H groups in total. The van der Waals surface area contributed by atoms with E-state index in [9.17, 15) is 5.26 Å². The molecule has 1 aliphatic heterocycles. The average Bonchev–Trinajstić information content (AvgIpc) is 2.46. The maximum atomic E-state index is 9.25. The van der Waals surface area contributed by atoms with E-state index in [-0.39, 0.29) is 5.92 Å². The van der Waals surface area contributed by atoms with Crippen LogP contribution in [0, 0.1) is 16.7 Å². The molecule has 19 heavy (non-hydrogen) atoms. The van der Waals surface area contributed by atoms with Crippen molar-refractivity contribution in [3.63, 3.8) is 0 Å². The predicted octanol–water partition coefficient (Wildman–Crippen LogP) is 3.66. The van der Waals surface area contributed by atoms with E-state index >= 15 is 0 Å². The zero-order valence-corrected chi connectivity index (χ0v) is 12.3. The Balaban J connectivity index is 2.54. The standard InChI is InChI=1S/C14H13N3S2/c1-18-13-10(8-15)12(16)11(14(17-13)19-2)9-6-4-3-5-7-9/h3-7,11,16H,1-2H3. The third-order valence-electron chi connectivity index (χ3n) is 2.88. The predicted molar refractivity (Wildman–Crippen MR) is 84.0 cm³/mol. The van der Waals surface area contributed by atoms with E-state index in [1.807, 2.05) is 42.8 Å². The summed E-state index contributed by atoms with van der Waals surface area (Å²) in [4.78, 5) is 4.54. The van der Waals surface area contributed by atoms with E-state index < -0.39 is 0 Å². The number of nitriles is 1. The summed E-state index contributed by atoms with van der Waals surface area (Å²) in [5.74, 6) is -0.221. The summed E-state index contributed by atoms with van der Waals surface area (Å²) in [5.41, 5.74) is 1.74. The van der Waals surface area contributed by atoms with Crippen LogP contribution in [0.4, 0.5) is 0 Å². The van der Waals surface area contributed by atoms with Crippen molar-refractivity contribution in [3.05, 3.63) is 46.5 Å². The van der Waals surface area contributed by atoms with Crippen molar-refractivity contribution in [1.29, 1.82) is 10.7 Å². The Bertz CT molecular complexity index is 597. The van der Waals surface area contributed by atoms with Gasteiger partial charge in [0.1, 0.15) is 16.7 Å². The normalized spacial score (nSPS) is 19.1. The molecule has 1 heterocycles. The van der Waals surface area contributed by atoms with Crippen LogP contribution in [0.25, 0.3) is 0 Å². The molecule has 0 radical (unpaired) electrons. The quantitative estimate of drug-likeness (QED) is 0.903. The molecule has 0 saturated carbocycles. The number of nitrogens with one attached hydrogen (secondary N) is 1. The molecular weight excluding hydrogens is 274 g/mol. The molecule has 5 heteroatoms. The second-order valence-corrected chi connectivity index (χ2v) is 5.53. The van der Waals surface area contributed by atoms with Crippen LogP contribution < -0.4 is 0 Å². The lowest BCUT2D eigenvalue weighted by Crippen LogP contribution is -2.24. The molecule has 1 unspecified atom stereocenters. The van der Waals surface area contributed by atoms with Crippen LogP contribution in [0.3, 0.4) is 0 Å². The zero-order chi connectivity index (χ0) is 13.8. The number of hydrogen-bond acceptors (Lipinski definition) is 5. The fourth-order valence-corrected chi connectivity index (χ4v) is 3.26. The molecule has 2 rings (SSSR count). The number of thioether (sulfide) groups is 2. The van der Waals surface area contributed by atoms with Crippen LogP contribution in [-0.2, 0) is 0 Å². The van der Waals surface area contributed by atoms with Gasteiger partial charge in [0.05, 0.1) is 16.7 Å². The Labute approximate surface area is 121 Å². The van der Waals surface area contributed by atoms with E-state index in [0.29, 0.717) is 16.3 Å². The molecule has 1 atom stereocenters. The van der Waals surface area contributed by atoms with Crippen LogP contribution in [0.2, 0.25) is 0 Å². The van der Waals surface area contributed by atoms with E-state index in [2.05, 4.69) is 11.1 Å². The van der Waals surface area contributed by atoms with Crippen molar-refractivity contribution in [2.45, 2.75) is 5.92 Å². The number of aliphatic imine (C=N–C) groups is 1. The van der Waals surface area contributed by atoms with Gasteiger partial charge in [-0.2, -0.15) is 5.26 Å². The van der Waals surface area contributed by atoms with Crippen molar-refractivity contribution in [2.75, 3.05) is 12.5 Å². The molecule has 0 aromatic heterocycles. The summed E-state index contributed by atoms with van der Waals surface area (Å²) >= 11 is 2.95. The molecule has 0 bridgehead atoms. The lowest BCUT2D eigenvalue weighted by Gasteiger charge is -2.24. The van der Waals surface area contributed by atoms with Gasteiger partial charge in [-0.05, 0) is 18.1 Å². The maximum absolute atomic E-state index is 9.25. The summed E-state index contributed by atoms with van der Waals surface area (Å²) in [7, 11) is 0. The maximum Gasteiger partial charge on any atom is 0.116 e. The third-order valence-corrected chi connectivity index (χ3v) is 4.31. The smallest absolute Gasteiger partial charge is 0.116 e. The molecule has 96 valence electrons. The summed E-state index contributed by atoms with van der Waals surface area (Å²) < 4.78 is 0. The molecule has 0 aliphatic carbocycles. The van der Waals surface area contributed by atoms with Gasteiger partial charge in [0.15, 0.2) is 0 Å². The Morgan fingerprint density at radius 2 is 1.89 bits per heavy atom. The first-order valence-corrected chi connectivity index (χ1v) is 8.12. The Kier molecular flexibility index (Phi) is 4.46. The lowest BCUT2D eigenvalue weighted by atomic mass is 9.90. The van der Waals surface area contributed by atoms with Crippen LogP contribution >= 0.6 is 23.5 Å². The Morgan fingerprint density at radius 3 is 2.42 bits per heavy atom. The van der Waals surface area contributed by atoms with Gasteiger partial charge in [-0.15, -0.1) is 23.5 Å². The first-order chi connectivity index (χ1) is 9.22. The highest BCUT2D eigenvalue weighted by Crippen LogP contribution is 2.35. The number of nitrogens with zero attached hydrogens (tertiary/aromatic N) is 2. The summed E-state index contributed by atoms with van der Waals surface area (Å²) in [6.45, 7) is 0. The van der Waals surface area contributed by atoms with Crippen molar-refractivity contribution in [1.82, 2.24) is 0 Å². The van der Waals surface area contributed by atoms with Crippen LogP contribution in [0.5, 0.6) is 0 Å². The van der Waals surface area contributed by atoms with Gasteiger partial charge < -0.3 is 5.41 Å². The van der Waals surface area contributed by atoms with Crippen molar-refractivity contribution < 1.29 is 0 Å². The molecule has 3 nitrogen and oxygen atoms in total. The topological polar surface area (TPSA) is 60.0 Å². The summed E-state index contributed by atoms with van der Waals surface area (Å²) in [6, 6.07) is 11.9. The SMILES string of the molecule is CSC1=NC(SC)=C(C#N)C(=N)C1c1ccccc1. The van der Waals surface area contributed by atoms with Gasteiger partial charge in [-0.1, -0.05) is 30.3 Å². The Hall–Kier alpha value is -1.51. The van der Waals surface area contributed by atoms with E-state index in [1.165, 1.54) is 23.5 Å². The molecule has 1 aromatic rings. The van der Waals surface area contributed by atoms with Gasteiger partial charge in [0, 0.05) is 0 Å².